The van der Waals surface area contributed by atoms with Crippen molar-refractivity contribution in [2.45, 2.75) is 27.2 Å². The molecule has 0 aromatic rings. The number of rotatable bonds is 7. The number of hydrogen-bond donors (Lipinski definition) is 1. The molecule has 0 aliphatic carbocycles. The van der Waals surface area contributed by atoms with Gasteiger partial charge >= 0.3 is 11.9 Å². The minimum absolute atomic E-state index is 0.0225. The molecule has 1 N–H and O–H groups in total. The van der Waals surface area contributed by atoms with Gasteiger partial charge in [-0.3, -0.25) is 4.79 Å². The zero-order valence-corrected chi connectivity index (χ0v) is 11.4. The molecule has 100 valence electrons. The molecule has 0 radical (unpaired) electrons. The van der Waals surface area contributed by atoms with Crippen molar-refractivity contribution in [2.24, 2.45) is 5.41 Å². The van der Waals surface area contributed by atoms with E-state index in [9.17, 15) is 9.59 Å². The Kier molecular flexibility index (Phi) is 5.61. The van der Waals surface area contributed by atoms with E-state index in [0.29, 0.717) is 11.0 Å². The topological polar surface area (TPSA) is 63.6 Å². The van der Waals surface area contributed by atoms with Gasteiger partial charge in [-0.2, -0.15) is 0 Å². The molecule has 0 aromatic carbocycles. The highest BCUT2D eigenvalue weighted by molar-refractivity contribution is 5.75. The summed E-state index contributed by atoms with van der Waals surface area (Å²) in [4.78, 5) is 22.3. The summed E-state index contributed by atoms with van der Waals surface area (Å²) in [5.74, 6) is -1.08. The Labute approximate surface area is 103 Å². The molecule has 0 saturated carbocycles. The Morgan fingerprint density at radius 3 is 2.24 bits per heavy atom. The maximum Gasteiger partial charge on any atom is 0.359 e. The van der Waals surface area contributed by atoms with Gasteiger partial charge in [-0.15, -0.1) is 0 Å². The van der Waals surface area contributed by atoms with E-state index in [0.717, 1.165) is 6.42 Å². The lowest BCUT2D eigenvalue weighted by Crippen LogP contribution is -2.46. The standard InChI is InChI=1S/C12H23NO4/c1-6-12(2,3)11(16)17-8-7-13(4,5)9-10(14)15/h6-9H2,1-5H3/p+1. The van der Waals surface area contributed by atoms with Crippen molar-refractivity contribution in [3.63, 3.8) is 0 Å². The lowest BCUT2D eigenvalue weighted by Gasteiger charge is -2.28. The van der Waals surface area contributed by atoms with Gasteiger partial charge in [0.25, 0.3) is 0 Å². The van der Waals surface area contributed by atoms with E-state index in [4.69, 9.17) is 9.84 Å². The van der Waals surface area contributed by atoms with Crippen LogP contribution < -0.4 is 0 Å². The number of quaternary nitrogens is 1. The zero-order chi connectivity index (χ0) is 13.7. The Morgan fingerprint density at radius 1 is 1.29 bits per heavy atom. The van der Waals surface area contributed by atoms with E-state index in [1.54, 1.807) is 14.1 Å². The second kappa shape index (κ2) is 6.00. The van der Waals surface area contributed by atoms with Crippen LogP contribution in [0.4, 0.5) is 0 Å². The number of aliphatic carboxylic acids is 1. The first kappa shape index (κ1) is 15.9. The molecule has 5 heteroatoms. The van der Waals surface area contributed by atoms with Crippen LogP contribution in [0.3, 0.4) is 0 Å². The molecule has 0 rings (SSSR count). The van der Waals surface area contributed by atoms with Crippen molar-refractivity contribution in [3.05, 3.63) is 0 Å². The molecule has 0 amide bonds. The first-order valence-corrected chi connectivity index (χ1v) is 5.82. The number of carboxylic acids is 1. The molecule has 0 aliphatic heterocycles. The van der Waals surface area contributed by atoms with Crippen LogP contribution in [-0.4, -0.2) is 55.3 Å². The summed E-state index contributed by atoms with van der Waals surface area (Å²) in [6.07, 6.45) is 0.721. The minimum atomic E-state index is -0.852. The summed E-state index contributed by atoms with van der Waals surface area (Å²) in [6, 6.07) is 0. The second-order valence-electron chi connectivity index (χ2n) is 5.58. The Morgan fingerprint density at radius 2 is 1.82 bits per heavy atom. The summed E-state index contributed by atoms with van der Waals surface area (Å²) >= 11 is 0. The van der Waals surface area contributed by atoms with Crippen LogP contribution in [-0.2, 0) is 14.3 Å². The molecule has 5 nitrogen and oxygen atoms in total. The van der Waals surface area contributed by atoms with Crippen molar-refractivity contribution in [1.82, 2.24) is 0 Å². The fourth-order valence-corrected chi connectivity index (χ4v) is 1.17. The summed E-state index contributed by atoms with van der Waals surface area (Å²) in [5, 5.41) is 8.70. The van der Waals surface area contributed by atoms with Crippen LogP contribution in [0.25, 0.3) is 0 Å². The van der Waals surface area contributed by atoms with Gasteiger partial charge in [0.2, 0.25) is 0 Å². The Balaban J connectivity index is 4.07. The number of carbonyl (C=O) groups is 2. The third kappa shape index (κ3) is 6.26. The maximum absolute atomic E-state index is 11.7. The van der Waals surface area contributed by atoms with Crippen molar-refractivity contribution < 1.29 is 23.9 Å². The average molecular weight is 246 g/mol. The van der Waals surface area contributed by atoms with Gasteiger partial charge in [-0.1, -0.05) is 6.92 Å². The van der Waals surface area contributed by atoms with E-state index >= 15 is 0 Å². The molecule has 0 unspecified atom stereocenters. The summed E-state index contributed by atoms with van der Waals surface area (Å²) < 4.78 is 5.47. The molecule has 0 fully saturated rings. The van der Waals surface area contributed by atoms with Gasteiger partial charge in [0, 0.05) is 0 Å². The van der Waals surface area contributed by atoms with Crippen LogP contribution in [0.1, 0.15) is 27.2 Å². The first-order valence-electron chi connectivity index (χ1n) is 5.82. The van der Waals surface area contributed by atoms with Gasteiger partial charge in [0.15, 0.2) is 6.54 Å². The molecule has 0 atom stereocenters. The molecule has 0 aliphatic rings. The third-order valence-corrected chi connectivity index (χ3v) is 2.93. The number of carboxylic acid groups (broad SMARTS) is 1. The predicted octanol–water partition coefficient (Wildman–Crippen LogP) is 1.13. The normalized spacial score (nSPS) is 12.3. The fourth-order valence-electron chi connectivity index (χ4n) is 1.17. The number of hydrogen-bond acceptors (Lipinski definition) is 3. The highest BCUT2D eigenvalue weighted by Gasteiger charge is 2.28. The van der Waals surface area contributed by atoms with Crippen LogP contribution in [0, 0.1) is 5.41 Å². The van der Waals surface area contributed by atoms with Gasteiger partial charge in [0.05, 0.1) is 19.5 Å². The molecule has 0 heterocycles. The monoisotopic (exact) mass is 246 g/mol. The van der Waals surface area contributed by atoms with E-state index < -0.39 is 11.4 Å². The SMILES string of the molecule is CCC(C)(C)C(=O)OCC[N+](C)(C)CC(=O)O. The molecule has 0 saturated heterocycles. The van der Waals surface area contributed by atoms with Crippen molar-refractivity contribution in [3.8, 4) is 0 Å². The smallest absolute Gasteiger partial charge is 0.359 e. The number of nitrogens with zero attached hydrogens (tertiary/aromatic N) is 1. The second-order valence-corrected chi connectivity index (χ2v) is 5.58. The highest BCUT2D eigenvalue weighted by atomic mass is 16.5. The van der Waals surface area contributed by atoms with Crippen LogP contribution in [0.2, 0.25) is 0 Å². The van der Waals surface area contributed by atoms with Gasteiger partial charge < -0.3 is 14.3 Å². The fraction of sp³-hybridized carbons (Fsp3) is 0.833. The van der Waals surface area contributed by atoms with Crippen molar-refractivity contribution in [2.75, 3.05) is 33.8 Å². The molecule has 0 bridgehead atoms. The van der Waals surface area contributed by atoms with Gasteiger partial charge in [-0.25, -0.2) is 4.79 Å². The van der Waals surface area contributed by atoms with Crippen LogP contribution in [0.5, 0.6) is 0 Å². The minimum Gasteiger partial charge on any atom is -0.477 e. The van der Waals surface area contributed by atoms with E-state index in [1.165, 1.54) is 0 Å². The summed E-state index contributed by atoms with van der Waals surface area (Å²) in [7, 11) is 3.60. The number of likely N-dealkylation sites (N-methyl/N-ethyl adjacent to an activating group) is 1. The zero-order valence-electron chi connectivity index (χ0n) is 11.4. The first-order chi connectivity index (χ1) is 7.60. The van der Waals surface area contributed by atoms with Gasteiger partial charge in [-0.05, 0) is 20.3 Å². The molecular formula is C12H24NO4+. The lowest BCUT2D eigenvalue weighted by molar-refractivity contribution is -0.883. The van der Waals surface area contributed by atoms with Crippen molar-refractivity contribution in [1.29, 1.82) is 0 Å². The van der Waals surface area contributed by atoms with Crippen LogP contribution in [0.15, 0.2) is 0 Å². The van der Waals surface area contributed by atoms with E-state index in [-0.39, 0.29) is 19.1 Å². The quantitative estimate of drug-likeness (QED) is 0.540. The van der Waals surface area contributed by atoms with Crippen molar-refractivity contribution >= 4 is 11.9 Å². The lowest BCUT2D eigenvalue weighted by atomic mass is 9.91. The number of esters is 1. The predicted molar refractivity (Wildman–Crippen MR) is 64.5 cm³/mol. The Hall–Kier alpha value is -1.10. The number of carbonyl (C=O) groups excluding carboxylic acids is 1. The van der Waals surface area contributed by atoms with Gasteiger partial charge in [0.1, 0.15) is 13.2 Å². The van der Waals surface area contributed by atoms with Crippen LogP contribution >= 0.6 is 0 Å². The third-order valence-electron chi connectivity index (χ3n) is 2.93. The van der Waals surface area contributed by atoms with E-state index in [1.807, 2.05) is 20.8 Å². The summed E-state index contributed by atoms with van der Waals surface area (Å²) in [6.45, 7) is 6.39. The highest BCUT2D eigenvalue weighted by Crippen LogP contribution is 2.21. The average Bonchev–Trinajstić information content (AvgIpc) is 2.15. The number of ether oxygens (including phenoxy) is 1. The largest absolute Gasteiger partial charge is 0.477 e. The molecule has 0 aromatic heterocycles. The summed E-state index contributed by atoms with van der Waals surface area (Å²) in [5.41, 5.74) is -0.468. The Bertz CT molecular complexity index is 284. The maximum atomic E-state index is 11.7. The molecule has 0 spiro atoms. The molecule has 17 heavy (non-hydrogen) atoms. The van der Waals surface area contributed by atoms with E-state index in [2.05, 4.69) is 0 Å². The molecular weight excluding hydrogens is 222 g/mol.